The van der Waals surface area contributed by atoms with Gasteiger partial charge in [0.25, 0.3) is 0 Å². The fourth-order valence-electron chi connectivity index (χ4n) is 3.77. The van der Waals surface area contributed by atoms with E-state index in [9.17, 15) is 9.59 Å². The highest BCUT2D eigenvalue weighted by atomic mass is 32.2. The number of nitrogens with zero attached hydrogens (tertiary/aromatic N) is 1. The van der Waals surface area contributed by atoms with Gasteiger partial charge in [0.2, 0.25) is 11.8 Å². The average molecular weight is 466 g/mol. The van der Waals surface area contributed by atoms with Crippen molar-refractivity contribution < 1.29 is 9.59 Å². The van der Waals surface area contributed by atoms with Crippen LogP contribution < -0.4 is 10.6 Å². The number of hydrogen-bond acceptors (Lipinski definition) is 5. The first-order valence-electron chi connectivity index (χ1n) is 10.9. The van der Waals surface area contributed by atoms with E-state index in [0.717, 1.165) is 47.5 Å². The summed E-state index contributed by atoms with van der Waals surface area (Å²) in [5.41, 5.74) is 3.88. The van der Waals surface area contributed by atoms with E-state index in [-0.39, 0.29) is 23.5 Å². The molecule has 0 radical (unpaired) electrons. The third-order valence-electron chi connectivity index (χ3n) is 5.55. The Kier molecular flexibility index (Phi) is 7.60. The Morgan fingerprint density at radius 1 is 1.06 bits per heavy atom. The van der Waals surface area contributed by atoms with Crippen LogP contribution in [0.2, 0.25) is 0 Å². The summed E-state index contributed by atoms with van der Waals surface area (Å²) < 4.78 is 0. The average Bonchev–Trinajstić information content (AvgIpc) is 3.27. The molecule has 2 N–H and O–H groups in total. The first kappa shape index (κ1) is 22.6. The van der Waals surface area contributed by atoms with Gasteiger partial charge in [-0.05, 0) is 38.0 Å². The maximum Gasteiger partial charge on any atom is 0.236 e. The van der Waals surface area contributed by atoms with E-state index in [1.54, 1.807) is 0 Å². The predicted molar refractivity (Wildman–Crippen MR) is 133 cm³/mol. The zero-order valence-electron chi connectivity index (χ0n) is 18.1. The second-order valence-electron chi connectivity index (χ2n) is 8.09. The van der Waals surface area contributed by atoms with Gasteiger partial charge in [0, 0.05) is 27.4 Å². The number of carbonyl (C=O) groups is 2. The number of nitrogens with one attached hydrogen (secondary N) is 2. The summed E-state index contributed by atoms with van der Waals surface area (Å²) in [5.74, 6) is 0.405. The number of aromatic nitrogens is 1. The van der Waals surface area contributed by atoms with Crippen molar-refractivity contribution >= 4 is 45.7 Å². The highest BCUT2D eigenvalue weighted by molar-refractivity contribution is 8.00. The summed E-state index contributed by atoms with van der Waals surface area (Å²) in [7, 11) is 0. The molecule has 0 bridgehead atoms. The fourth-order valence-corrected chi connectivity index (χ4v) is 5.26. The van der Waals surface area contributed by atoms with Crippen LogP contribution >= 0.6 is 23.1 Å². The van der Waals surface area contributed by atoms with Gasteiger partial charge in [-0.15, -0.1) is 23.1 Å². The van der Waals surface area contributed by atoms with Gasteiger partial charge in [0.05, 0.1) is 11.4 Å². The van der Waals surface area contributed by atoms with Gasteiger partial charge in [-0.2, -0.15) is 0 Å². The monoisotopic (exact) mass is 465 g/mol. The summed E-state index contributed by atoms with van der Waals surface area (Å²) in [4.78, 5) is 30.4. The van der Waals surface area contributed by atoms with E-state index in [0.29, 0.717) is 5.13 Å². The number of amides is 2. The van der Waals surface area contributed by atoms with Crippen molar-refractivity contribution in [3.05, 3.63) is 59.5 Å². The Morgan fingerprint density at radius 2 is 1.84 bits per heavy atom. The van der Waals surface area contributed by atoms with Crippen LogP contribution in [0, 0.1) is 12.8 Å². The van der Waals surface area contributed by atoms with Gasteiger partial charge in [0.1, 0.15) is 0 Å². The van der Waals surface area contributed by atoms with Crippen molar-refractivity contribution in [2.24, 2.45) is 5.92 Å². The van der Waals surface area contributed by atoms with E-state index < -0.39 is 0 Å². The molecule has 0 atom stereocenters. The number of anilines is 2. The molecule has 3 aromatic rings. The first-order chi connectivity index (χ1) is 15.6. The van der Waals surface area contributed by atoms with Crippen molar-refractivity contribution in [2.45, 2.75) is 43.9 Å². The Hall–Kier alpha value is -2.64. The molecule has 7 heteroatoms. The topological polar surface area (TPSA) is 71.1 Å². The van der Waals surface area contributed by atoms with Crippen LogP contribution in [0.5, 0.6) is 0 Å². The molecule has 2 aromatic carbocycles. The van der Waals surface area contributed by atoms with Crippen LogP contribution in [-0.2, 0) is 9.59 Å². The maximum absolute atomic E-state index is 12.5. The summed E-state index contributed by atoms with van der Waals surface area (Å²) in [6, 6.07) is 15.9. The smallest absolute Gasteiger partial charge is 0.236 e. The predicted octanol–water partition coefficient (Wildman–Crippen LogP) is 6.37. The number of benzene rings is 2. The molecule has 1 aromatic heterocycles. The molecule has 166 valence electrons. The number of rotatable bonds is 7. The molecule has 5 nitrogen and oxygen atoms in total. The van der Waals surface area contributed by atoms with Gasteiger partial charge in [-0.3, -0.25) is 9.59 Å². The Morgan fingerprint density at radius 3 is 2.62 bits per heavy atom. The number of thioether (sulfide) groups is 1. The van der Waals surface area contributed by atoms with Crippen LogP contribution in [0.1, 0.15) is 37.7 Å². The molecule has 1 saturated carbocycles. The lowest BCUT2D eigenvalue weighted by Gasteiger charge is -2.20. The number of aryl methyl sites for hydroxylation is 1. The van der Waals surface area contributed by atoms with Crippen LogP contribution in [-0.4, -0.2) is 22.6 Å². The van der Waals surface area contributed by atoms with Gasteiger partial charge in [-0.1, -0.05) is 55.2 Å². The van der Waals surface area contributed by atoms with E-state index in [2.05, 4.69) is 34.7 Å². The molecular weight excluding hydrogens is 438 g/mol. The van der Waals surface area contributed by atoms with Gasteiger partial charge >= 0.3 is 0 Å². The molecule has 0 unspecified atom stereocenters. The van der Waals surface area contributed by atoms with E-state index in [1.165, 1.54) is 35.1 Å². The van der Waals surface area contributed by atoms with Crippen LogP contribution in [0.4, 0.5) is 10.8 Å². The van der Waals surface area contributed by atoms with Crippen molar-refractivity contribution in [1.82, 2.24) is 4.98 Å². The fraction of sp³-hybridized carbons (Fsp3) is 0.320. The molecule has 1 aliphatic carbocycles. The Labute approximate surface area is 197 Å². The molecule has 4 rings (SSSR count). The molecule has 1 heterocycles. The lowest BCUT2D eigenvalue weighted by Crippen LogP contribution is -2.24. The number of carbonyl (C=O) groups excluding carboxylic acids is 2. The Bertz CT molecular complexity index is 1070. The van der Waals surface area contributed by atoms with Gasteiger partial charge in [-0.25, -0.2) is 4.98 Å². The highest BCUT2D eigenvalue weighted by Crippen LogP contribution is 2.28. The van der Waals surface area contributed by atoms with Crippen LogP contribution in [0.25, 0.3) is 11.3 Å². The minimum Gasteiger partial charge on any atom is -0.326 e. The lowest BCUT2D eigenvalue weighted by molar-refractivity contribution is -0.120. The Balaban J connectivity index is 1.28. The zero-order valence-corrected chi connectivity index (χ0v) is 19.7. The first-order valence-corrected chi connectivity index (χ1v) is 12.8. The highest BCUT2D eigenvalue weighted by Gasteiger charge is 2.21. The molecule has 2 amide bonds. The third-order valence-corrected chi connectivity index (χ3v) is 7.30. The van der Waals surface area contributed by atoms with Crippen LogP contribution in [0.3, 0.4) is 0 Å². The second-order valence-corrected chi connectivity index (χ2v) is 10.00. The van der Waals surface area contributed by atoms with E-state index in [1.807, 2.05) is 41.8 Å². The van der Waals surface area contributed by atoms with Crippen molar-refractivity contribution in [3.8, 4) is 11.3 Å². The maximum atomic E-state index is 12.5. The summed E-state index contributed by atoms with van der Waals surface area (Å²) in [5, 5.41) is 8.47. The van der Waals surface area contributed by atoms with E-state index >= 15 is 0 Å². The normalized spacial score (nSPS) is 14.2. The van der Waals surface area contributed by atoms with Gasteiger partial charge < -0.3 is 10.6 Å². The minimum absolute atomic E-state index is 0.101. The molecule has 0 aliphatic heterocycles. The number of thiazole rings is 1. The summed E-state index contributed by atoms with van der Waals surface area (Å²) in [6.07, 6.45) is 5.45. The molecule has 0 saturated heterocycles. The van der Waals surface area contributed by atoms with Crippen molar-refractivity contribution in [1.29, 1.82) is 0 Å². The van der Waals surface area contributed by atoms with Gasteiger partial charge in [0.15, 0.2) is 5.13 Å². The molecular formula is C25H27N3O2S2. The summed E-state index contributed by atoms with van der Waals surface area (Å²) >= 11 is 2.86. The van der Waals surface area contributed by atoms with Crippen molar-refractivity contribution in [2.75, 3.05) is 16.4 Å². The molecule has 1 fully saturated rings. The second kappa shape index (κ2) is 10.8. The standard InChI is InChI=1S/C25H27N3O2S2/c1-17-10-12-18(13-11-17)22-15-32-25(27-22)28-23(29)16-31-21-9-5-8-20(14-21)26-24(30)19-6-3-2-4-7-19/h5,8-15,19H,2-4,6-7,16H2,1H3,(H,26,30)(H,27,28,29). The molecule has 0 spiro atoms. The zero-order chi connectivity index (χ0) is 22.3. The largest absolute Gasteiger partial charge is 0.326 e. The van der Waals surface area contributed by atoms with Crippen LogP contribution in [0.15, 0.2) is 58.8 Å². The molecule has 1 aliphatic rings. The number of hydrogen-bond donors (Lipinski definition) is 2. The minimum atomic E-state index is -0.101. The quantitative estimate of drug-likeness (QED) is 0.398. The van der Waals surface area contributed by atoms with E-state index in [4.69, 9.17) is 0 Å². The van der Waals surface area contributed by atoms with Crippen molar-refractivity contribution in [3.63, 3.8) is 0 Å². The lowest BCUT2D eigenvalue weighted by atomic mass is 9.88. The third kappa shape index (κ3) is 6.20. The SMILES string of the molecule is Cc1ccc(-c2csc(NC(=O)CSc3cccc(NC(=O)C4CCCCC4)c3)n2)cc1. The molecule has 32 heavy (non-hydrogen) atoms. The summed E-state index contributed by atoms with van der Waals surface area (Å²) in [6.45, 7) is 2.05.